The van der Waals surface area contributed by atoms with Crippen LogP contribution in [0.2, 0.25) is 10.0 Å². The maximum atomic E-state index is 10.8. The number of aromatic nitrogens is 2. The number of nitrogens with zero attached hydrogens (tertiary/aromatic N) is 2. The van der Waals surface area contributed by atoms with Gasteiger partial charge in [-0.3, -0.25) is 0 Å². The second-order valence-corrected chi connectivity index (χ2v) is 5.75. The van der Waals surface area contributed by atoms with Crippen molar-refractivity contribution in [1.82, 2.24) is 9.78 Å². The minimum atomic E-state index is -1.08. The lowest BCUT2D eigenvalue weighted by Crippen LogP contribution is -2.10. The average molecular weight is 363 g/mol. The minimum Gasteiger partial charge on any atom is -0.479 e. The standard InChI is InChI=1S/C17H12Cl2N2O3/c18-14-7-6-11(8-15(14)19)13-9-21(12-4-2-1-3-5-12)20-17(13)24-10-16(22)23/h1-9H,10H2,(H,22,23). The molecular weight excluding hydrogens is 351 g/mol. The summed E-state index contributed by atoms with van der Waals surface area (Å²) in [6.45, 7) is -0.486. The van der Waals surface area contributed by atoms with Crippen molar-refractivity contribution in [2.75, 3.05) is 6.61 Å². The van der Waals surface area contributed by atoms with Crippen molar-refractivity contribution in [3.8, 4) is 22.7 Å². The summed E-state index contributed by atoms with van der Waals surface area (Å²) in [5.74, 6) is -0.871. The number of hydrogen-bond donors (Lipinski definition) is 1. The molecule has 3 aromatic rings. The number of hydrogen-bond acceptors (Lipinski definition) is 3. The predicted molar refractivity (Wildman–Crippen MR) is 92.2 cm³/mol. The smallest absolute Gasteiger partial charge is 0.341 e. The fourth-order valence-electron chi connectivity index (χ4n) is 2.17. The molecule has 122 valence electrons. The lowest BCUT2D eigenvalue weighted by atomic mass is 10.1. The van der Waals surface area contributed by atoms with Crippen LogP contribution in [0.5, 0.6) is 5.88 Å². The normalized spacial score (nSPS) is 10.6. The van der Waals surface area contributed by atoms with E-state index in [9.17, 15) is 4.79 Å². The molecule has 1 heterocycles. The van der Waals surface area contributed by atoms with E-state index in [-0.39, 0.29) is 5.88 Å². The largest absolute Gasteiger partial charge is 0.479 e. The summed E-state index contributed by atoms with van der Waals surface area (Å²) < 4.78 is 6.94. The number of aliphatic carboxylic acids is 1. The van der Waals surface area contributed by atoms with Crippen molar-refractivity contribution >= 4 is 29.2 Å². The molecule has 0 aliphatic carbocycles. The number of para-hydroxylation sites is 1. The van der Waals surface area contributed by atoms with Gasteiger partial charge in [-0.05, 0) is 29.8 Å². The van der Waals surface area contributed by atoms with Crippen molar-refractivity contribution in [3.05, 3.63) is 64.8 Å². The topological polar surface area (TPSA) is 64.3 Å². The molecule has 0 fully saturated rings. The molecule has 1 aromatic heterocycles. The van der Waals surface area contributed by atoms with E-state index in [0.29, 0.717) is 15.6 Å². The number of halogens is 2. The molecule has 0 saturated heterocycles. The first kappa shape index (κ1) is 16.4. The number of rotatable bonds is 5. The molecule has 3 rings (SSSR count). The molecule has 0 radical (unpaired) electrons. The maximum absolute atomic E-state index is 10.8. The van der Waals surface area contributed by atoms with Gasteiger partial charge in [0.15, 0.2) is 6.61 Å². The van der Waals surface area contributed by atoms with Gasteiger partial charge >= 0.3 is 5.97 Å². The average Bonchev–Trinajstić information content (AvgIpc) is 3.00. The van der Waals surface area contributed by atoms with E-state index < -0.39 is 12.6 Å². The predicted octanol–water partition coefficient (Wildman–Crippen LogP) is 4.31. The quantitative estimate of drug-likeness (QED) is 0.734. The first-order valence-electron chi connectivity index (χ1n) is 6.99. The van der Waals surface area contributed by atoms with Gasteiger partial charge < -0.3 is 9.84 Å². The first-order chi connectivity index (χ1) is 11.5. The fourth-order valence-corrected chi connectivity index (χ4v) is 2.47. The Balaban J connectivity index is 2.06. The van der Waals surface area contributed by atoms with Crippen molar-refractivity contribution in [3.63, 3.8) is 0 Å². The Morgan fingerprint density at radius 3 is 2.54 bits per heavy atom. The zero-order chi connectivity index (χ0) is 17.1. The van der Waals surface area contributed by atoms with Gasteiger partial charge in [-0.2, -0.15) is 0 Å². The number of benzene rings is 2. The van der Waals surface area contributed by atoms with E-state index in [2.05, 4.69) is 5.10 Å². The van der Waals surface area contributed by atoms with Crippen molar-refractivity contribution < 1.29 is 14.6 Å². The first-order valence-corrected chi connectivity index (χ1v) is 7.75. The van der Waals surface area contributed by atoms with Crippen LogP contribution in [0, 0.1) is 0 Å². The van der Waals surface area contributed by atoms with Gasteiger partial charge in [-0.25, -0.2) is 9.48 Å². The molecule has 24 heavy (non-hydrogen) atoms. The van der Waals surface area contributed by atoms with Gasteiger partial charge in [0.1, 0.15) is 0 Å². The molecule has 7 heteroatoms. The third-order valence-corrected chi connectivity index (χ3v) is 4.00. The summed E-state index contributed by atoms with van der Waals surface area (Å²) in [6, 6.07) is 14.5. The van der Waals surface area contributed by atoms with E-state index in [1.807, 2.05) is 30.3 Å². The van der Waals surface area contributed by atoms with Gasteiger partial charge in [0, 0.05) is 6.20 Å². The highest BCUT2D eigenvalue weighted by Gasteiger charge is 2.15. The van der Waals surface area contributed by atoms with Gasteiger partial charge in [0.05, 0.1) is 21.3 Å². The highest BCUT2D eigenvalue weighted by molar-refractivity contribution is 6.42. The summed E-state index contributed by atoms with van der Waals surface area (Å²) in [5.41, 5.74) is 2.18. The van der Waals surface area contributed by atoms with Crippen LogP contribution in [0.15, 0.2) is 54.7 Å². The van der Waals surface area contributed by atoms with Crippen LogP contribution in [0.1, 0.15) is 0 Å². The summed E-state index contributed by atoms with van der Waals surface area (Å²) in [4.78, 5) is 10.8. The molecule has 0 atom stereocenters. The van der Waals surface area contributed by atoms with Crippen molar-refractivity contribution in [2.45, 2.75) is 0 Å². The molecular formula is C17H12Cl2N2O3. The van der Waals surface area contributed by atoms with Gasteiger partial charge in [-0.15, -0.1) is 5.10 Å². The molecule has 0 aliphatic heterocycles. The van der Waals surface area contributed by atoms with E-state index >= 15 is 0 Å². The Bertz CT molecular complexity index is 879. The second-order valence-electron chi connectivity index (χ2n) is 4.94. The zero-order valence-electron chi connectivity index (χ0n) is 12.3. The third-order valence-electron chi connectivity index (χ3n) is 3.26. The van der Waals surface area contributed by atoms with E-state index in [0.717, 1.165) is 11.3 Å². The molecule has 2 aromatic carbocycles. The molecule has 0 aliphatic rings. The van der Waals surface area contributed by atoms with Crippen molar-refractivity contribution in [1.29, 1.82) is 0 Å². The Labute approximate surface area is 148 Å². The number of carboxylic acids is 1. The maximum Gasteiger partial charge on any atom is 0.341 e. The summed E-state index contributed by atoms with van der Waals surface area (Å²) >= 11 is 12.0. The van der Waals surface area contributed by atoms with Crippen molar-refractivity contribution in [2.24, 2.45) is 0 Å². The van der Waals surface area contributed by atoms with E-state index in [1.54, 1.807) is 29.1 Å². The Kier molecular flexibility index (Phi) is 4.74. The van der Waals surface area contributed by atoms with Crippen LogP contribution in [-0.4, -0.2) is 27.5 Å². The number of carbonyl (C=O) groups is 1. The van der Waals surface area contributed by atoms with Crippen LogP contribution in [0.25, 0.3) is 16.8 Å². The summed E-state index contributed by atoms with van der Waals surface area (Å²) in [6.07, 6.45) is 1.76. The minimum absolute atomic E-state index is 0.208. The van der Waals surface area contributed by atoms with Gasteiger partial charge in [0.2, 0.25) is 5.88 Å². The number of ether oxygens (including phenoxy) is 1. The molecule has 5 nitrogen and oxygen atoms in total. The molecule has 0 unspecified atom stereocenters. The van der Waals surface area contributed by atoms with Crippen LogP contribution < -0.4 is 4.74 Å². The van der Waals surface area contributed by atoms with Crippen LogP contribution in [0.3, 0.4) is 0 Å². The molecule has 0 saturated carbocycles. The van der Waals surface area contributed by atoms with Crippen LogP contribution in [0.4, 0.5) is 0 Å². The Morgan fingerprint density at radius 2 is 1.88 bits per heavy atom. The van der Waals surface area contributed by atoms with Gasteiger partial charge in [-0.1, -0.05) is 47.5 Å². The van der Waals surface area contributed by atoms with E-state index in [4.69, 9.17) is 33.0 Å². The lowest BCUT2D eigenvalue weighted by Gasteiger charge is -2.04. The molecule has 0 amide bonds. The monoisotopic (exact) mass is 362 g/mol. The van der Waals surface area contributed by atoms with Crippen LogP contribution in [-0.2, 0) is 4.79 Å². The molecule has 1 N–H and O–H groups in total. The second kappa shape index (κ2) is 6.95. The lowest BCUT2D eigenvalue weighted by molar-refractivity contribution is -0.139. The fraction of sp³-hybridized carbons (Fsp3) is 0.0588. The third kappa shape index (κ3) is 3.53. The molecule has 0 spiro atoms. The van der Waals surface area contributed by atoms with Gasteiger partial charge in [0.25, 0.3) is 0 Å². The van der Waals surface area contributed by atoms with E-state index in [1.165, 1.54) is 0 Å². The summed E-state index contributed by atoms with van der Waals surface area (Å²) in [7, 11) is 0. The highest BCUT2D eigenvalue weighted by atomic mass is 35.5. The Hall–Kier alpha value is -2.50. The zero-order valence-corrected chi connectivity index (χ0v) is 13.8. The Morgan fingerprint density at radius 1 is 1.12 bits per heavy atom. The number of carboxylic acid groups (broad SMARTS) is 1. The summed E-state index contributed by atoms with van der Waals surface area (Å²) in [5, 5.41) is 14.0. The van der Waals surface area contributed by atoms with Crippen LogP contribution >= 0.6 is 23.2 Å². The highest BCUT2D eigenvalue weighted by Crippen LogP contribution is 2.34. The molecule has 0 bridgehead atoms. The SMILES string of the molecule is O=C(O)COc1nn(-c2ccccc2)cc1-c1ccc(Cl)c(Cl)c1.